The molecule has 7 nitrogen and oxygen atoms in total. The van der Waals surface area contributed by atoms with Crippen LogP contribution in [0.5, 0.6) is 11.5 Å². The molecular weight excluding hydrogens is 360 g/mol. The van der Waals surface area contributed by atoms with Gasteiger partial charge in [-0.25, -0.2) is 9.79 Å². The fourth-order valence-electron chi connectivity index (χ4n) is 3.29. The van der Waals surface area contributed by atoms with E-state index in [1.54, 1.807) is 35.0 Å². The second-order valence-corrected chi connectivity index (χ2v) is 6.39. The molecule has 0 aliphatic carbocycles. The quantitative estimate of drug-likeness (QED) is 0.508. The van der Waals surface area contributed by atoms with Gasteiger partial charge in [-0.2, -0.15) is 0 Å². The standard InChI is InChI=1S/C21H14N2O5/c1-12(24)23-10-14(15-4-2-3-5-17(15)23)8-16-21(25)28-20(22-16)13-6-7-18-19(9-13)27-11-26-18/h2-10H,11H2,1H3/b16-8-. The number of cyclic esters (lactones) is 1. The van der Waals surface area contributed by atoms with Crippen molar-refractivity contribution in [1.29, 1.82) is 0 Å². The summed E-state index contributed by atoms with van der Waals surface area (Å²) in [4.78, 5) is 28.6. The lowest BCUT2D eigenvalue weighted by atomic mass is 10.1. The molecule has 0 unspecified atom stereocenters. The van der Waals surface area contributed by atoms with Gasteiger partial charge in [0.1, 0.15) is 0 Å². The van der Waals surface area contributed by atoms with Crippen LogP contribution in [-0.2, 0) is 9.53 Å². The van der Waals surface area contributed by atoms with Gasteiger partial charge in [0, 0.05) is 29.6 Å². The van der Waals surface area contributed by atoms with E-state index in [9.17, 15) is 9.59 Å². The zero-order valence-corrected chi connectivity index (χ0v) is 14.8. The number of aliphatic imine (C=N–C) groups is 1. The summed E-state index contributed by atoms with van der Waals surface area (Å²) in [5, 5.41) is 0.852. The number of hydrogen-bond donors (Lipinski definition) is 0. The maximum Gasteiger partial charge on any atom is 0.363 e. The minimum atomic E-state index is -0.549. The number of rotatable bonds is 2. The number of hydrogen-bond acceptors (Lipinski definition) is 6. The van der Waals surface area contributed by atoms with Gasteiger partial charge >= 0.3 is 5.97 Å². The highest BCUT2D eigenvalue weighted by molar-refractivity contribution is 6.13. The summed E-state index contributed by atoms with van der Waals surface area (Å²) in [5.41, 5.74) is 2.27. The average Bonchev–Trinajstić information content (AvgIpc) is 3.39. The fourth-order valence-corrected chi connectivity index (χ4v) is 3.29. The van der Waals surface area contributed by atoms with E-state index in [4.69, 9.17) is 14.2 Å². The summed E-state index contributed by atoms with van der Waals surface area (Å²) in [7, 11) is 0. The third-order valence-electron chi connectivity index (χ3n) is 4.61. The topological polar surface area (TPSA) is 79.1 Å². The maximum absolute atomic E-state index is 12.3. The molecule has 2 aliphatic heterocycles. The number of nitrogens with zero attached hydrogens (tertiary/aromatic N) is 2. The third-order valence-corrected chi connectivity index (χ3v) is 4.61. The first kappa shape index (κ1) is 16.3. The lowest BCUT2D eigenvalue weighted by molar-refractivity contribution is -0.129. The minimum Gasteiger partial charge on any atom is -0.454 e. The molecule has 0 radical (unpaired) electrons. The number of ether oxygens (including phenoxy) is 3. The number of carbonyl (C=O) groups is 2. The molecule has 0 spiro atoms. The Balaban J connectivity index is 1.56. The molecule has 2 aromatic carbocycles. The highest BCUT2D eigenvalue weighted by Gasteiger charge is 2.26. The summed E-state index contributed by atoms with van der Waals surface area (Å²) in [6.45, 7) is 1.65. The van der Waals surface area contributed by atoms with Gasteiger partial charge in [-0.15, -0.1) is 0 Å². The highest BCUT2D eigenvalue weighted by atomic mass is 16.7. The first-order valence-corrected chi connectivity index (χ1v) is 8.64. The number of para-hydroxylation sites is 1. The summed E-state index contributed by atoms with van der Waals surface area (Å²) >= 11 is 0. The third kappa shape index (κ3) is 2.56. The zero-order chi connectivity index (χ0) is 19.3. The van der Waals surface area contributed by atoms with Crippen molar-refractivity contribution in [3.63, 3.8) is 0 Å². The van der Waals surface area contributed by atoms with Gasteiger partial charge in [-0.1, -0.05) is 18.2 Å². The van der Waals surface area contributed by atoms with Crippen molar-refractivity contribution >= 4 is 34.8 Å². The van der Waals surface area contributed by atoms with Crippen LogP contribution in [0.15, 0.2) is 59.4 Å². The van der Waals surface area contributed by atoms with Gasteiger partial charge in [0.25, 0.3) is 0 Å². The van der Waals surface area contributed by atoms with Crippen molar-refractivity contribution in [1.82, 2.24) is 4.57 Å². The van der Waals surface area contributed by atoms with Gasteiger partial charge in [0.05, 0.1) is 5.52 Å². The number of esters is 1. The van der Waals surface area contributed by atoms with Gasteiger partial charge in [0.2, 0.25) is 18.6 Å². The van der Waals surface area contributed by atoms with Crippen molar-refractivity contribution in [3.8, 4) is 11.5 Å². The molecule has 0 saturated heterocycles. The first-order chi connectivity index (χ1) is 13.6. The Labute approximate surface area is 159 Å². The predicted octanol–water partition coefficient (Wildman–Crippen LogP) is 3.37. The Morgan fingerprint density at radius 2 is 1.96 bits per heavy atom. The minimum absolute atomic E-state index is 0.112. The van der Waals surface area contributed by atoms with Crippen LogP contribution in [0.25, 0.3) is 17.0 Å². The Hall–Kier alpha value is -3.87. The van der Waals surface area contributed by atoms with Crippen molar-refractivity contribution in [2.24, 2.45) is 4.99 Å². The van der Waals surface area contributed by atoms with Crippen LogP contribution >= 0.6 is 0 Å². The van der Waals surface area contributed by atoms with Crippen LogP contribution in [0.2, 0.25) is 0 Å². The van der Waals surface area contributed by atoms with Crippen molar-refractivity contribution in [2.75, 3.05) is 6.79 Å². The van der Waals surface area contributed by atoms with Crippen LogP contribution in [0.3, 0.4) is 0 Å². The van der Waals surface area contributed by atoms with E-state index < -0.39 is 5.97 Å². The summed E-state index contributed by atoms with van der Waals surface area (Å²) < 4.78 is 17.5. The van der Waals surface area contributed by atoms with E-state index >= 15 is 0 Å². The van der Waals surface area contributed by atoms with Crippen LogP contribution in [0, 0.1) is 0 Å². The molecule has 0 bridgehead atoms. The Kier molecular flexibility index (Phi) is 3.55. The van der Waals surface area contributed by atoms with E-state index in [0.717, 1.165) is 10.9 Å². The molecule has 28 heavy (non-hydrogen) atoms. The Morgan fingerprint density at radius 3 is 2.82 bits per heavy atom. The molecule has 0 atom stereocenters. The first-order valence-electron chi connectivity index (χ1n) is 8.64. The predicted molar refractivity (Wildman–Crippen MR) is 101 cm³/mol. The molecule has 3 heterocycles. The van der Waals surface area contributed by atoms with E-state index in [0.29, 0.717) is 22.6 Å². The second-order valence-electron chi connectivity index (χ2n) is 6.39. The molecule has 1 aromatic heterocycles. The van der Waals surface area contributed by atoms with Gasteiger partial charge in [-0.05, 0) is 30.3 Å². The smallest absolute Gasteiger partial charge is 0.363 e. The molecular formula is C21H14N2O5. The summed E-state index contributed by atoms with van der Waals surface area (Å²) in [6, 6.07) is 12.7. The molecule has 0 N–H and O–H groups in total. The monoisotopic (exact) mass is 374 g/mol. The van der Waals surface area contributed by atoms with E-state index in [1.165, 1.54) is 6.92 Å². The molecule has 7 heteroatoms. The summed E-state index contributed by atoms with van der Waals surface area (Å²) in [6.07, 6.45) is 3.32. The van der Waals surface area contributed by atoms with Gasteiger partial charge in [-0.3, -0.25) is 9.36 Å². The van der Waals surface area contributed by atoms with Crippen LogP contribution in [-0.4, -0.2) is 29.1 Å². The zero-order valence-electron chi connectivity index (χ0n) is 14.8. The molecule has 0 fully saturated rings. The molecule has 5 rings (SSSR count). The molecule has 3 aromatic rings. The fraction of sp³-hybridized carbons (Fsp3) is 0.0952. The lowest BCUT2D eigenvalue weighted by Crippen LogP contribution is -2.05. The number of aromatic nitrogens is 1. The second kappa shape index (κ2) is 6.09. The van der Waals surface area contributed by atoms with E-state index in [-0.39, 0.29) is 24.3 Å². The molecule has 138 valence electrons. The van der Waals surface area contributed by atoms with Crippen molar-refractivity contribution in [2.45, 2.75) is 6.92 Å². The molecule has 0 saturated carbocycles. The maximum atomic E-state index is 12.3. The van der Waals surface area contributed by atoms with Crippen LogP contribution < -0.4 is 9.47 Å². The largest absolute Gasteiger partial charge is 0.454 e. The average molecular weight is 374 g/mol. The van der Waals surface area contributed by atoms with Crippen molar-refractivity contribution < 1.29 is 23.8 Å². The van der Waals surface area contributed by atoms with E-state index in [2.05, 4.69) is 4.99 Å². The SMILES string of the molecule is CC(=O)n1cc(/C=C2\N=C(c3ccc4c(c3)OCO4)OC2=O)c2ccccc21. The van der Waals surface area contributed by atoms with Gasteiger partial charge in [0.15, 0.2) is 17.2 Å². The number of fused-ring (bicyclic) bond motifs is 2. The van der Waals surface area contributed by atoms with Crippen LogP contribution in [0.1, 0.15) is 22.8 Å². The van der Waals surface area contributed by atoms with E-state index in [1.807, 2.05) is 24.3 Å². The molecule has 2 aliphatic rings. The van der Waals surface area contributed by atoms with Crippen LogP contribution in [0.4, 0.5) is 0 Å². The Bertz CT molecular complexity index is 1220. The van der Waals surface area contributed by atoms with Gasteiger partial charge < -0.3 is 14.2 Å². The highest BCUT2D eigenvalue weighted by Crippen LogP contribution is 2.34. The Morgan fingerprint density at radius 1 is 1.14 bits per heavy atom. The lowest BCUT2D eigenvalue weighted by Gasteiger charge is -2.01. The number of carbonyl (C=O) groups excluding carboxylic acids is 2. The van der Waals surface area contributed by atoms with Crippen molar-refractivity contribution in [3.05, 3.63) is 65.5 Å². The molecule has 0 amide bonds. The number of benzene rings is 2. The normalized spacial score (nSPS) is 16.5. The summed E-state index contributed by atoms with van der Waals surface area (Å²) in [5.74, 6) is 0.760.